The molecule has 1 unspecified atom stereocenters. The van der Waals surface area contributed by atoms with Crippen molar-refractivity contribution >= 4 is 5.91 Å². The van der Waals surface area contributed by atoms with Crippen LogP contribution in [0.4, 0.5) is 0 Å². The number of nitrogens with one attached hydrogen (secondary N) is 1. The minimum absolute atomic E-state index is 0.0138. The van der Waals surface area contributed by atoms with Gasteiger partial charge in [-0.3, -0.25) is 4.79 Å². The molecule has 1 aromatic carbocycles. The summed E-state index contributed by atoms with van der Waals surface area (Å²) in [4.78, 5) is 13.2. The Balaban J connectivity index is 2.28. The largest absolute Gasteiger partial charge is 0.491 e. The summed E-state index contributed by atoms with van der Waals surface area (Å²) < 4.78 is 5.57. The van der Waals surface area contributed by atoms with E-state index in [1.165, 1.54) is 0 Å². The van der Waals surface area contributed by atoms with E-state index in [4.69, 9.17) is 4.74 Å². The molecular weight excluding hydrogens is 268 g/mol. The van der Waals surface area contributed by atoms with Crippen LogP contribution in [0.3, 0.4) is 0 Å². The Kier molecular flexibility index (Phi) is 7.19. The van der Waals surface area contributed by atoms with Gasteiger partial charge >= 0.3 is 0 Å². The molecule has 0 aliphatic carbocycles. The van der Waals surface area contributed by atoms with E-state index < -0.39 is 6.10 Å². The molecule has 0 spiro atoms. The van der Waals surface area contributed by atoms with Gasteiger partial charge < -0.3 is 20.1 Å². The molecule has 2 N–H and O–H groups in total. The first-order valence-electron chi connectivity index (χ1n) is 7.26. The molecule has 21 heavy (non-hydrogen) atoms. The molecule has 5 nitrogen and oxygen atoms in total. The smallest absolute Gasteiger partial charge is 0.236 e. The summed E-state index contributed by atoms with van der Waals surface area (Å²) in [6.45, 7) is 7.37. The molecule has 0 bridgehead atoms. The molecule has 5 heteroatoms. The third-order valence-electron chi connectivity index (χ3n) is 3.19. The summed E-state index contributed by atoms with van der Waals surface area (Å²) in [5, 5.41) is 12.8. The van der Waals surface area contributed by atoms with Crippen molar-refractivity contribution in [1.82, 2.24) is 10.2 Å². The normalized spacial score (nSPS) is 12.0. The first-order valence-corrected chi connectivity index (χ1v) is 7.26. The summed E-state index contributed by atoms with van der Waals surface area (Å²) in [7, 11) is 1.75. The molecule has 0 saturated carbocycles. The number of benzene rings is 1. The van der Waals surface area contributed by atoms with Gasteiger partial charge in [-0.1, -0.05) is 6.07 Å². The van der Waals surface area contributed by atoms with E-state index in [1.807, 2.05) is 32.9 Å². The predicted molar refractivity (Wildman–Crippen MR) is 83.6 cm³/mol. The number of hydrogen-bond acceptors (Lipinski definition) is 4. The number of aliphatic hydroxyl groups excluding tert-OH is 1. The highest BCUT2D eigenvalue weighted by Gasteiger charge is 2.09. The Morgan fingerprint density at radius 1 is 1.33 bits per heavy atom. The summed E-state index contributed by atoms with van der Waals surface area (Å²) in [5.41, 5.74) is 2.26. The van der Waals surface area contributed by atoms with E-state index in [0.717, 1.165) is 16.9 Å². The number of ether oxygens (including phenoxy) is 1. The Labute approximate surface area is 126 Å². The van der Waals surface area contributed by atoms with Gasteiger partial charge in [-0.2, -0.15) is 0 Å². The molecule has 1 aromatic rings. The van der Waals surface area contributed by atoms with E-state index in [9.17, 15) is 9.90 Å². The molecule has 0 aliphatic heterocycles. The lowest BCUT2D eigenvalue weighted by molar-refractivity contribution is -0.128. The topological polar surface area (TPSA) is 61.8 Å². The zero-order chi connectivity index (χ0) is 15.8. The molecule has 0 fully saturated rings. The SMILES string of the molecule is CCN(C)C(=O)CNCC(O)COc1cc(C)cc(C)c1. The first-order chi connectivity index (χ1) is 9.92. The van der Waals surface area contributed by atoms with Crippen LogP contribution in [0, 0.1) is 13.8 Å². The summed E-state index contributed by atoms with van der Waals surface area (Å²) >= 11 is 0. The highest BCUT2D eigenvalue weighted by molar-refractivity contribution is 5.77. The molecule has 0 aromatic heterocycles. The minimum atomic E-state index is -0.648. The lowest BCUT2D eigenvalue weighted by Crippen LogP contribution is -2.39. The monoisotopic (exact) mass is 294 g/mol. The third kappa shape index (κ3) is 6.60. The van der Waals surface area contributed by atoms with Gasteiger partial charge in [0.1, 0.15) is 18.5 Å². The molecule has 118 valence electrons. The van der Waals surface area contributed by atoms with Gasteiger partial charge in [0.25, 0.3) is 0 Å². The molecule has 0 heterocycles. The highest BCUT2D eigenvalue weighted by atomic mass is 16.5. The van der Waals surface area contributed by atoms with Crippen LogP contribution in [0.15, 0.2) is 18.2 Å². The number of likely N-dealkylation sites (N-methyl/N-ethyl adjacent to an activating group) is 1. The average Bonchev–Trinajstić information content (AvgIpc) is 2.43. The third-order valence-corrected chi connectivity index (χ3v) is 3.19. The fraction of sp³-hybridized carbons (Fsp3) is 0.562. The predicted octanol–water partition coefficient (Wildman–Crippen LogP) is 1.11. The molecule has 0 saturated heterocycles. The van der Waals surface area contributed by atoms with E-state index in [0.29, 0.717) is 13.1 Å². The standard InChI is InChI=1S/C16H26N2O3/c1-5-18(4)16(20)10-17-9-14(19)11-21-15-7-12(2)6-13(3)8-15/h6-8,14,17,19H,5,9-11H2,1-4H3. The van der Waals surface area contributed by atoms with E-state index in [2.05, 4.69) is 11.4 Å². The number of carbonyl (C=O) groups is 1. The Morgan fingerprint density at radius 3 is 2.52 bits per heavy atom. The summed E-state index contributed by atoms with van der Waals surface area (Å²) in [6.07, 6.45) is -0.648. The number of aryl methyl sites for hydroxylation is 2. The van der Waals surface area contributed by atoms with Crippen molar-refractivity contribution < 1.29 is 14.6 Å². The fourth-order valence-corrected chi connectivity index (χ4v) is 1.92. The van der Waals surface area contributed by atoms with Crippen LogP contribution in [0.5, 0.6) is 5.75 Å². The van der Waals surface area contributed by atoms with Crippen LogP contribution in [0.25, 0.3) is 0 Å². The maximum atomic E-state index is 11.6. The number of aliphatic hydroxyl groups is 1. The number of rotatable bonds is 8. The van der Waals surface area contributed by atoms with Crippen LogP contribution < -0.4 is 10.1 Å². The van der Waals surface area contributed by atoms with Gasteiger partial charge in [-0.15, -0.1) is 0 Å². The summed E-state index contributed by atoms with van der Waals surface area (Å²) in [5.74, 6) is 0.772. The maximum Gasteiger partial charge on any atom is 0.236 e. The Hall–Kier alpha value is -1.59. The van der Waals surface area contributed by atoms with Crippen LogP contribution in [0.1, 0.15) is 18.1 Å². The van der Waals surface area contributed by atoms with E-state index in [-0.39, 0.29) is 19.1 Å². The lowest BCUT2D eigenvalue weighted by Gasteiger charge is -2.17. The van der Waals surface area contributed by atoms with Crippen LogP contribution in [0.2, 0.25) is 0 Å². The Morgan fingerprint density at radius 2 is 1.95 bits per heavy atom. The number of amides is 1. The van der Waals surface area contributed by atoms with Gasteiger partial charge in [-0.25, -0.2) is 0 Å². The second kappa shape index (κ2) is 8.64. The average molecular weight is 294 g/mol. The minimum Gasteiger partial charge on any atom is -0.491 e. The molecular formula is C16H26N2O3. The highest BCUT2D eigenvalue weighted by Crippen LogP contribution is 2.16. The molecule has 0 aliphatic rings. The summed E-state index contributed by atoms with van der Waals surface area (Å²) in [6, 6.07) is 5.94. The van der Waals surface area contributed by atoms with Crippen molar-refractivity contribution in [1.29, 1.82) is 0 Å². The lowest BCUT2D eigenvalue weighted by atomic mass is 10.1. The maximum absolute atomic E-state index is 11.6. The van der Waals surface area contributed by atoms with Gasteiger partial charge in [0.05, 0.1) is 6.54 Å². The van der Waals surface area contributed by atoms with Crippen LogP contribution in [-0.4, -0.2) is 55.3 Å². The van der Waals surface area contributed by atoms with E-state index in [1.54, 1.807) is 11.9 Å². The van der Waals surface area contributed by atoms with Crippen molar-refractivity contribution in [3.63, 3.8) is 0 Å². The number of nitrogens with zero attached hydrogens (tertiary/aromatic N) is 1. The van der Waals surface area contributed by atoms with Crippen molar-refractivity contribution in [2.24, 2.45) is 0 Å². The van der Waals surface area contributed by atoms with Crippen molar-refractivity contribution in [3.8, 4) is 5.75 Å². The van der Waals surface area contributed by atoms with Gasteiger partial charge in [0.15, 0.2) is 0 Å². The van der Waals surface area contributed by atoms with Crippen molar-refractivity contribution in [3.05, 3.63) is 29.3 Å². The zero-order valence-electron chi connectivity index (χ0n) is 13.3. The Bertz CT molecular complexity index is 443. The molecule has 0 radical (unpaired) electrons. The van der Waals surface area contributed by atoms with Crippen LogP contribution in [-0.2, 0) is 4.79 Å². The zero-order valence-corrected chi connectivity index (χ0v) is 13.3. The molecule has 1 atom stereocenters. The number of hydrogen-bond donors (Lipinski definition) is 2. The van der Waals surface area contributed by atoms with Crippen LogP contribution >= 0.6 is 0 Å². The second-order valence-electron chi connectivity index (χ2n) is 5.33. The van der Waals surface area contributed by atoms with E-state index >= 15 is 0 Å². The first kappa shape index (κ1) is 17.5. The van der Waals surface area contributed by atoms with Crippen molar-refractivity contribution in [2.45, 2.75) is 26.9 Å². The molecule has 1 amide bonds. The number of carbonyl (C=O) groups excluding carboxylic acids is 1. The quantitative estimate of drug-likeness (QED) is 0.754. The molecule has 1 rings (SSSR count). The van der Waals surface area contributed by atoms with Gasteiger partial charge in [0.2, 0.25) is 5.91 Å². The van der Waals surface area contributed by atoms with Crippen molar-refractivity contribution in [2.75, 3.05) is 33.3 Å². The second-order valence-corrected chi connectivity index (χ2v) is 5.33. The van der Waals surface area contributed by atoms with Gasteiger partial charge in [0, 0.05) is 20.1 Å². The fourth-order valence-electron chi connectivity index (χ4n) is 1.92. The van der Waals surface area contributed by atoms with Gasteiger partial charge in [-0.05, 0) is 44.0 Å².